The first-order valence-corrected chi connectivity index (χ1v) is 8.70. The zero-order valence-electron chi connectivity index (χ0n) is 14.0. The van der Waals surface area contributed by atoms with Crippen LogP contribution in [0.1, 0.15) is 72.0 Å². The van der Waals surface area contributed by atoms with Crippen molar-refractivity contribution in [3.05, 3.63) is 12.2 Å². The number of rotatable bonds is 3. The molecule has 0 aliphatic heterocycles. The molecule has 3 heteroatoms. The lowest BCUT2D eigenvalue weighted by atomic mass is 9.40. The highest BCUT2D eigenvalue weighted by atomic mass is 15.3. The van der Waals surface area contributed by atoms with Crippen molar-refractivity contribution in [1.29, 1.82) is 0 Å². The molecule has 3 nitrogen and oxygen atoms in total. The van der Waals surface area contributed by atoms with Gasteiger partial charge < -0.3 is 4.57 Å². The highest BCUT2D eigenvalue weighted by molar-refractivity contribution is 5.22. The highest BCUT2D eigenvalue weighted by Crippen LogP contribution is 2.69. The molecule has 1 heterocycles. The summed E-state index contributed by atoms with van der Waals surface area (Å²) in [5, 5.41) is 8.93. The maximum absolute atomic E-state index is 4.63. The Morgan fingerprint density at radius 3 is 2.38 bits per heavy atom. The largest absolute Gasteiger partial charge is 0.317 e. The van der Waals surface area contributed by atoms with Crippen LogP contribution in [0.3, 0.4) is 0 Å². The van der Waals surface area contributed by atoms with E-state index in [9.17, 15) is 0 Å². The van der Waals surface area contributed by atoms with Gasteiger partial charge in [0.1, 0.15) is 12.2 Å². The molecule has 4 bridgehead atoms. The fraction of sp³-hybridized carbons (Fsp3) is 0.889. The van der Waals surface area contributed by atoms with Crippen molar-refractivity contribution in [1.82, 2.24) is 14.8 Å². The van der Waals surface area contributed by atoms with Crippen molar-refractivity contribution in [2.75, 3.05) is 0 Å². The zero-order chi connectivity index (χ0) is 14.9. The second-order valence-corrected chi connectivity index (χ2v) is 9.61. The Hall–Kier alpha value is -0.860. The third-order valence-corrected chi connectivity index (χ3v) is 6.28. The molecule has 1 aromatic rings. The van der Waals surface area contributed by atoms with E-state index in [1.54, 1.807) is 0 Å². The summed E-state index contributed by atoms with van der Waals surface area (Å²) in [6.45, 7) is 10.7. The molecule has 2 atom stereocenters. The van der Waals surface area contributed by atoms with Crippen LogP contribution in [0.5, 0.6) is 0 Å². The van der Waals surface area contributed by atoms with Gasteiger partial charge in [-0.1, -0.05) is 27.7 Å². The lowest BCUT2D eigenvalue weighted by molar-refractivity contribution is -0.113. The summed E-state index contributed by atoms with van der Waals surface area (Å²) >= 11 is 0. The minimum atomic E-state index is 0.314. The van der Waals surface area contributed by atoms with Gasteiger partial charge in [-0.05, 0) is 61.2 Å². The van der Waals surface area contributed by atoms with E-state index in [1.807, 2.05) is 6.33 Å². The number of nitrogens with zero attached hydrogens (tertiary/aromatic N) is 3. The molecule has 116 valence electrons. The van der Waals surface area contributed by atoms with Crippen LogP contribution in [0.2, 0.25) is 0 Å². The van der Waals surface area contributed by atoms with Gasteiger partial charge >= 0.3 is 0 Å². The third-order valence-electron chi connectivity index (χ3n) is 6.28. The summed E-state index contributed by atoms with van der Waals surface area (Å²) in [7, 11) is 0. The Morgan fingerprint density at radius 1 is 1.14 bits per heavy atom. The molecule has 0 radical (unpaired) electrons. The van der Waals surface area contributed by atoms with E-state index < -0.39 is 0 Å². The minimum Gasteiger partial charge on any atom is -0.317 e. The number of aromatic nitrogens is 3. The molecular weight excluding hydrogens is 258 g/mol. The summed E-state index contributed by atoms with van der Waals surface area (Å²) in [4.78, 5) is 0. The molecule has 4 saturated carbocycles. The second kappa shape index (κ2) is 4.11. The van der Waals surface area contributed by atoms with Gasteiger partial charge in [0.2, 0.25) is 0 Å². The van der Waals surface area contributed by atoms with E-state index in [0.717, 1.165) is 12.5 Å². The summed E-state index contributed by atoms with van der Waals surface area (Å²) in [5.74, 6) is 2.87. The van der Waals surface area contributed by atoms with E-state index in [4.69, 9.17) is 0 Å². The Labute approximate surface area is 128 Å². The normalized spacial score (nSPS) is 44.7. The molecule has 21 heavy (non-hydrogen) atoms. The van der Waals surface area contributed by atoms with E-state index >= 15 is 0 Å². The van der Waals surface area contributed by atoms with E-state index in [1.165, 1.54) is 44.3 Å². The molecule has 0 aromatic carbocycles. The Bertz CT molecular complexity index is 541. The van der Waals surface area contributed by atoms with Crippen molar-refractivity contribution in [3.63, 3.8) is 0 Å². The van der Waals surface area contributed by atoms with E-state index in [-0.39, 0.29) is 0 Å². The fourth-order valence-electron chi connectivity index (χ4n) is 6.89. The third kappa shape index (κ3) is 2.07. The Morgan fingerprint density at radius 2 is 1.81 bits per heavy atom. The lowest BCUT2D eigenvalue weighted by Crippen LogP contribution is -2.57. The first-order valence-electron chi connectivity index (χ1n) is 8.70. The summed E-state index contributed by atoms with van der Waals surface area (Å²) < 4.78 is 2.37. The maximum atomic E-state index is 4.63. The first kappa shape index (κ1) is 13.8. The summed E-state index contributed by atoms with van der Waals surface area (Å²) in [6, 6.07) is 0. The Balaban J connectivity index is 1.76. The van der Waals surface area contributed by atoms with Crippen LogP contribution in [-0.2, 0) is 12.0 Å². The first-order chi connectivity index (χ1) is 9.82. The molecule has 0 saturated heterocycles. The standard InChI is InChI=1S/C18H29N3/c1-13(2)8-21-12-19-20-15(21)18-7-14-5-16(3,10-18)9-17(4,6-14)11-18/h12-14H,5-11H2,1-4H3. The van der Waals surface area contributed by atoms with Crippen molar-refractivity contribution >= 4 is 0 Å². The van der Waals surface area contributed by atoms with Gasteiger partial charge in [-0.15, -0.1) is 10.2 Å². The van der Waals surface area contributed by atoms with Gasteiger partial charge in [-0.25, -0.2) is 0 Å². The quantitative estimate of drug-likeness (QED) is 0.835. The highest BCUT2D eigenvalue weighted by Gasteiger charge is 2.61. The van der Waals surface area contributed by atoms with Crippen LogP contribution < -0.4 is 0 Å². The van der Waals surface area contributed by atoms with Gasteiger partial charge in [0.25, 0.3) is 0 Å². The fourth-order valence-corrected chi connectivity index (χ4v) is 6.89. The summed E-state index contributed by atoms with van der Waals surface area (Å²) in [5.41, 5.74) is 1.40. The maximum Gasteiger partial charge on any atom is 0.139 e. The molecule has 0 N–H and O–H groups in total. The SMILES string of the molecule is CC(C)Cn1cnnc1C12CC3CC(C)(CC(C)(C3)C1)C2. The van der Waals surface area contributed by atoms with Crippen LogP contribution in [0.4, 0.5) is 0 Å². The van der Waals surface area contributed by atoms with Crippen LogP contribution in [0.25, 0.3) is 0 Å². The number of hydrogen-bond donors (Lipinski definition) is 0. The molecule has 5 rings (SSSR count). The molecule has 4 aliphatic rings. The van der Waals surface area contributed by atoms with Crippen molar-refractivity contribution < 1.29 is 0 Å². The smallest absolute Gasteiger partial charge is 0.139 e. The van der Waals surface area contributed by atoms with Gasteiger partial charge in [0.05, 0.1) is 0 Å². The van der Waals surface area contributed by atoms with Crippen molar-refractivity contribution in [2.45, 2.75) is 78.2 Å². The summed E-state index contributed by atoms with van der Waals surface area (Å²) in [6.07, 6.45) is 10.3. The van der Waals surface area contributed by atoms with Crippen LogP contribution in [0.15, 0.2) is 6.33 Å². The van der Waals surface area contributed by atoms with Crippen LogP contribution >= 0.6 is 0 Å². The molecule has 0 spiro atoms. The van der Waals surface area contributed by atoms with Gasteiger partial charge in [0.15, 0.2) is 0 Å². The molecular formula is C18H29N3. The van der Waals surface area contributed by atoms with Gasteiger partial charge in [-0.3, -0.25) is 0 Å². The topological polar surface area (TPSA) is 30.7 Å². The zero-order valence-corrected chi connectivity index (χ0v) is 14.0. The van der Waals surface area contributed by atoms with Gasteiger partial charge in [0, 0.05) is 12.0 Å². The monoisotopic (exact) mass is 287 g/mol. The minimum absolute atomic E-state index is 0.314. The average Bonchev–Trinajstić information content (AvgIpc) is 2.71. The Kier molecular flexibility index (Phi) is 2.70. The lowest BCUT2D eigenvalue weighted by Gasteiger charge is -2.65. The van der Waals surface area contributed by atoms with Gasteiger partial charge in [-0.2, -0.15) is 0 Å². The number of hydrogen-bond acceptors (Lipinski definition) is 2. The van der Waals surface area contributed by atoms with Crippen molar-refractivity contribution in [3.8, 4) is 0 Å². The predicted molar refractivity (Wildman–Crippen MR) is 83.9 cm³/mol. The van der Waals surface area contributed by atoms with E-state index in [2.05, 4.69) is 42.5 Å². The molecule has 2 unspecified atom stereocenters. The van der Waals surface area contributed by atoms with E-state index in [0.29, 0.717) is 22.2 Å². The molecule has 0 amide bonds. The van der Waals surface area contributed by atoms with Crippen LogP contribution in [0, 0.1) is 22.7 Å². The molecule has 4 fully saturated rings. The predicted octanol–water partition coefficient (Wildman–Crippen LogP) is 4.18. The average molecular weight is 287 g/mol. The second-order valence-electron chi connectivity index (χ2n) is 9.61. The molecule has 1 aromatic heterocycles. The molecule has 4 aliphatic carbocycles. The van der Waals surface area contributed by atoms with Crippen LogP contribution in [-0.4, -0.2) is 14.8 Å². The van der Waals surface area contributed by atoms with Crippen molar-refractivity contribution in [2.24, 2.45) is 22.7 Å².